The molecule has 0 saturated heterocycles. The molecule has 1 amide bonds. The molecule has 3 nitrogen and oxygen atoms in total. The van der Waals surface area contributed by atoms with Crippen LogP contribution in [-0.4, -0.2) is 18.5 Å². The molecule has 2 aliphatic rings. The Bertz CT molecular complexity index is 751. The van der Waals surface area contributed by atoms with E-state index in [1.54, 1.807) is 0 Å². The molecule has 24 heavy (non-hydrogen) atoms. The van der Waals surface area contributed by atoms with Gasteiger partial charge in [-0.25, -0.2) is 0 Å². The highest BCUT2D eigenvalue weighted by atomic mass is 16.1. The van der Waals surface area contributed by atoms with E-state index in [1.165, 1.54) is 24.8 Å². The number of carbonyl (C=O) groups excluding carboxylic acids is 1. The SMILES string of the molecule is Cc1cccc(NC(=O)c2cccc(C3CC3NCC3CC3)c2)c1. The summed E-state index contributed by atoms with van der Waals surface area (Å²) in [6.45, 7) is 3.19. The smallest absolute Gasteiger partial charge is 0.255 e. The Morgan fingerprint density at radius 3 is 2.75 bits per heavy atom. The van der Waals surface area contributed by atoms with Gasteiger partial charge in [0.25, 0.3) is 5.91 Å². The molecule has 2 saturated carbocycles. The second-order valence-electron chi connectivity index (χ2n) is 7.25. The van der Waals surface area contributed by atoms with Gasteiger partial charge in [0, 0.05) is 23.2 Å². The van der Waals surface area contributed by atoms with Crippen LogP contribution in [0.15, 0.2) is 48.5 Å². The minimum absolute atomic E-state index is 0.0365. The van der Waals surface area contributed by atoms with Crippen molar-refractivity contribution in [1.82, 2.24) is 5.32 Å². The van der Waals surface area contributed by atoms with Crippen molar-refractivity contribution in [1.29, 1.82) is 0 Å². The summed E-state index contributed by atoms with van der Waals surface area (Å²) in [5, 5.41) is 6.65. The number of amides is 1. The van der Waals surface area contributed by atoms with E-state index >= 15 is 0 Å². The first kappa shape index (κ1) is 15.4. The average Bonchev–Trinajstić information content (AvgIpc) is 3.47. The molecule has 3 heteroatoms. The molecule has 2 aliphatic carbocycles. The van der Waals surface area contributed by atoms with Crippen LogP contribution in [0.4, 0.5) is 5.69 Å². The third-order valence-corrected chi connectivity index (χ3v) is 5.01. The van der Waals surface area contributed by atoms with E-state index in [0.717, 1.165) is 29.3 Å². The molecule has 2 N–H and O–H groups in total. The van der Waals surface area contributed by atoms with Gasteiger partial charge < -0.3 is 10.6 Å². The summed E-state index contributed by atoms with van der Waals surface area (Å²) in [5.74, 6) is 1.44. The maximum atomic E-state index is 12.5. The quantitative estimate of drug-likeness (QED) is 0.841. The standard InChI is InChI=1S/C21H24N2O/c1-14-4-2-7-18(10-14)23-21(24)17-6-3-5-16(11-17)19-12-20(19)22-13-15-8-9-15/h2-7,10-11,15,19-20,22H,8-9,12-13H2,1H3,(H,23,24). The molecule has 0 bridgehead atoms. The van der Waals surface area contributed by atoms with Gasteiger partial charge in [-0.3, -0.25) is 4.79 Å². The predicted octanol–water partition coefficient (Wildman–Crippen LogP) is 4.10. The van der Waals surface area contributed by atoms with Crippen molar-refractivity contribution in [2.45, 2.75) is 38.1 Å². The van der Waals surface area contributed by atoms with Crippen LogP contribution in [0.2, 0.25) is 0 Å². The Morgan fingerprint density at radius 2 is 1.96 bits per heavy atom. The van der Waals surface area contributed by atoms with E-state index < -0.39 is 0 Å². The number of nitrogens with one attached hydrogen (secondary N) is 2. The summed E-state index contributed by atoms with van der Waals surface area (Å²) in [6, 6.07) is 16.6. The van der Waals surface area contributed by atoms with Gasteiger partial charge in [0.1, 0.15) is 0 Å². The molecule has 0 spiro atoms. The van der Waals surface area contributed by atoms with Crippen LogP contribution in [0.5, 0.6) is 0 Å². The highest BCUT2D eigenvalue weighted by Gasteiger charge is 2.39. The molecule has 2 aromatic carbocycles. The number of carbonyl (C=O) groups is 1. The average molecular weight is 320 g/mol. The lowest BCUT2D eigenvalue weighted by Crippen LogP contribution is -2.20. The summed E-state index contributed by atoms with van der Waals surface area (Å²) >= 11 is 0. The zero-order valence-electron chi connectivity index (χ0n) is 14.1. The lowest BCUT2D eigenvalue weighted by Gasteiger charge is -2.08. The van der Waals surface area contributed by atoms with Crippen LogP contribution in [0.3, 0.4) is 0 Å². The van der Waals surface area contributed by atoms with Gasteiger partial charge in [-0.2, -0.15) is 0 Å². The van der Waals surface area contributed by atoms with E-state index in [4.69, 9.17) is 0 Å². The second kappa shape index (κ2) is 6.40. The van der Waals surface area contributed by atoms with Crippen LogP contribution in [0.1, 0.15) is 46.7 Å². The zero-order chi connectivity index (χ0) is 16.5. The largest absolute Gasteiger partial charge is 0.322 e. The van der Waals surface area contributed by atoms with E-state index in [2.05, 4.69) is 22.8 Å². The summed E-state index contributed by atoms with van der Waals surface area (Å²) < 4.78 is 0. The van der Waals surface area contributed by atoms with Crippen LogP contribution in [0, 0.1) is 12.8 Å². The molecule has 0 heterocycles. The zero-order valence-corrected chi connectivity index (χ0v) is 14.1. The van der Waals surface area contributed by atoms with E-state index in [9.17, 15) is 4.79 Å². The minimum Gasteiger partial charge on any atom is -0.322 e. The number of hydrogen-bond donors (Lipinski definition) is 2. The summed E-state index contributed by atoms with van der Waals surface area (Å²) in [5.41, 5.74) is 4.01. The van der Waals surface area contributed by atoms with Crippen molar-refractivity contribution < 1.29 is 4.79 Å². The van der Waals surface area contributed by atoms with Crippen molar-refractivity contribution in [2.75, 3.05) is 11.9 Å². The lowest BCUT2D eigenvalue weighted by atomic mass is 10.1. The third-order valence-electron chi connectivity index (χ3n) is 5.01. The molecule has 2 aromatic rings. The molecule has 124 valence electrons. The van der Waals surface area contributed by atoms with Crippen LogP contribution < -0.4 is 10.6 Å². The molecular formula is C21H24N2O. The molecule has 0 aromatic heterocycles. The number of hydrogen-bond acceptors (Lipinski definition) is 2. The van der Waals surface area contributed by atoms with Crippen LogP contribution >= 0.6 is 0 Å². The Labute approximate surface area is 143 Å². The monoisotopic (exact) mass is 320 g/mol. The fourth-order valence-electron chi connectivity index (χ4n) is 3.27. The molecular weight excluding hydrogens is 296 g/mol. The number of rotatable bonds is 6. The fourth-order valence-corrected chi connectivity index (χ4v) is 3.27. The third kappa shape index (κ3) is 3.68. The van der Waals surface area contributed by atoms with Gasteiger partial charge in [-0.15, -0.1) is 0 Å². The van der Waals surface area contributed by atoms with Gasteiger partial charge in [-0.05, 0) is 74.0 Å². The Hall–Kier alpha value is -2.13. The van der Waals surface area contributed by atoms with Crippen LogP contribution in [0.25, 0.3) is 0 Å². The van der Waals surface area contributed by atoms with Crippen molar-refractivity contribution in [3.05, 3.63) is 65.2 Å². The maximum absolute atomic E-state index is 12.5. The van der Waals surface area contributed by atoms with E-state index in [-0.39, 0.29) is 5.91 Å². The van der Waals surface area contributed by atoms with E-state index in [1.807, 2.05) is 43.3 Å². The first-order valence-corrected chi connectivity index (χ1v) is 8.90. The lowest BCUT2D eigenvalue weighted by molar-refractivity contribution is 0.102. The molecule has 0 aliphatic heterocycles. The molecule has 2 fully saturated rings. The van der Waals surface area contributed by atoms with Crippen molar-refractivity contribution in [3.63, 3.8) is 0 Å². The molecule has 2 unspecified atom stereocenters. The first-order chi connectivity index (χ1) is 11.7. The van der Waals surface area contributed by atoms with E-state index in [0.29, 0.717) is 12.0 Å². The molecule has 4 rings (SSSR count). The van der Waals surface area contributed by atoms with Gasteiger partial charge in [0.05, 0.1) is 0 Å². The van der Waals surface area contributed by atoms with Gasteiger partial charge in [0.15, 0.2) is 0 Å². The first-order valence-electron chi connectivity index (χ1n) is 8.90. The number of anilines is 1. The topological polar surface area (TPSA) is 41.1 Å². The Kier molecular flexibility index (Phi) is 4.11. The van der Waals surface area contributed by atoms with Crippen molar-refractivity contribution in [2.24, 2.45) is 5.92 Å². The summed E-state index contributed by atoms with van der Waals surface area (Å²) in [4.78, 5) is 12.5. The molecule has 2 atom stereocenters. The maximum Gasteiger partial charge on any atom is 0.255 e. The van der Waals surface area contributed by atoms with Crippen molar-refractivity contribution >= 4 is 11.6 Å². The van der Waals surface area contributed by atoms with Gasteiger partial charge in [-0.1, -0.05) is 24.3 Å². The Morgan fingerprint density at radius 1 is 1.12 bits per heavy atom. The van der Waals surface area contributed by atoms with Gasteiger partial charge >= 0.3 is 0 Å². The second-order valence-corrected chi connectivity index (χ2v) is 7.25. The molecule has 0 radical (unpaired) electrons. The normalized spacial score (nSPS) is 22.2. The summed E-state index contributed by atoms with van der Waals surface area (Å²) in [7, 11) is 0. The predicted molar refractivity (Wildman–Crippen MR) is 97.4 cm³/mol. The highest BCUT2D eigenvalue weighted by molar-refractivity contribution is 6.04. The van der Waals surface area contributed by atoms with Gasteiger partial charge in [0.2, 0.25) is 0 Å². The summed E-state index contributed by atoms with van der Waals surface area (Å²) in [6.07, 6.45) is 3.97. The van der Waals surface area contributed by atoms with Crippen LogP contribution in [-0.2, 0) is 0 Å². The number of aryl methyl sites for hydroxylation is 1. The Balaban J connectivity index is 1.39. The van der Waals surface area contributed by atoms with Crippen molar-refractivity contribution in [3.8, 4) is 0 Å². The fraction of sp³-hybridized carbons (Fsp3) is 0.381. The minimum atomic E-state index is -0.0365. The number of benzene rings is 2. The highest BCUT2D eigenvalue weighted by Crippen LogP contribution is 2.41.